The molecule has 0 amide bonds. The minimum Gasteiger partial charge on any atom is -0.465 e. The summed E-state index contributed by atoms with van der Waals surface area (Å²) in [5, 5.41) is 3.41. The highest BCUT2D eigenvalue weighted by molar-refractivity contribution is 8.00. The molecule has 2 aromatic rings. The van der Waals surface area contributed by atoms with Crippen LogP contribution in [0.4, 0.5) is 5.69 Å². The lowest BCUT2D eigenvalue weighted by molar-refractivity contribution is -0.116. The van der Waals surface area contributed by atoms with Gasteiger partial charge in [-0.15, -0.1) is 11.8 Å². The van der Waals surface area contributed by atoms with E-state index in [0.29, 0.717) is 12.0 Å². The fraction of sp³-hybridized carbons (Fsp3) is 0.238. The largest absolute Gasteiger partial charge is 0.465 e. The van der Waals surface area contributed by atoms with Crippen molar-refractivity contribution in [1.29, 1.82) is 0 Å². The lowest BCUT2D eigenvalue weighted by Gasteiger charge is -2.24. The summed E-state index contributed by atoms with van der Waals surface area (Å²) in [5.41, 5.74) is 4.47. The quantitative estimate of drug-likeness (QED) is 0.779. The number of rotatable bonds is 2. The summed E-state index contributed by atoms with van der Waals surface area (Å²) in [6.07, 6.45) is 2.35. The monoisotopic (exact) mass is 365 g/mol. The van der Waals surface area contributed by atoms with Crippen molar-refractivity contribution < 1.29 is 14.3 Å². The fourth-order valence-electron chi connectivity index (χ4n) is 3.47. The summed E-state index contributed by atoms with van der Waals surface area (Å²) >= 11 is 1.68. The third kappa shape index (κ3) is 3.03. The molecule has 0 saturated heterocycles. The Kier molecular flexibility index (Phi) is 4.55. The van der Waals surface area contributed by atoms with Crippen LogP contribution in [0.1, 0.15) is 40.4 Å². The number of para-hydroxylation sites is 1. The second-order valence-electron chi connectivity index (χ2n) is 6.40. The molecular weight excluding hydrogens is 346 g/mol. The molecule has 1 atom stereocenters. The van der Waals surface area contributed by atoms with Gasteiger partial charge in [-0.3, -0.25) is 4.79 Å². The van der Waals surface area contributed by atoms with Gasteiger partial charge in [-0.25, -0.2) is 4.79 Å². The highest BCUT2D eigenvalue weighted by Gasteiger charge is 2.32. The number of esters is 1. The van der Waals surface area contributed by atoms with Gasteiger partial charge in [-0.1, -0.05) is 24.3 Å². The normalized spacial score (nSPS) is 19.1. The zero-order valence-electron chi connectivity index (χ0n) is 14.5. The molecule has 0 radical (unpaired) electrons. The average Bonchev–Trinajstić information content (AvgIpc) is 2.85. The maximum absolute atomic E-state index is 12.8. The van der Waals surface area contributed by atoms with Crippen LogP contribution in [0.5, 0.6) is 0 Å². The molecule has 0 aromatic heterocycles. The predicted molar refractivity (Wildman–Crippen MR) is 102 cm³/mol. The second-order valence-corrected chi connectivity index (χ2v) is 7.55. The highest BCUT2D eigenvalue weighted by atomic mass is 32.2. The number of carbonyl (C=O) groups excluding carboxylic acids is 2. The number of thioether (sulfide) groups is 1. The number of benzene rings is 2. The van der Waals surface area contributed by atoms with Gasteiger partial charge in [0.25, 0.3) is 0 Å². The number of carbonyl (C=O) groups is 2. The fourth-order valence-corrected chi connectivity index (χ4v) is 4.81. The van der Waals surface area contributed by atoms with Crippen LogP contribution in [0.2, 0.25) is 0 Å². The summed E-state index contributed by atoms with van der Waals surface area (Å²) in [5.74, 6) is -0.146. The van der Waals surface area contributed by atoms with Crippen LogP contribution in [0.25, 0.3) is 0 Å². The maximum atomic E-state index is 12.8. The van der Waals surface area contributed by atoms with Crippen LogP contribution in [-0.4, -0.2) is 18.9 Å². The summed E-state index contributed by atoms with van der Waals surface area (Å²) in [6, 6.07) is 15.5. The summed E-state index contributed by atoms with van der Waals surface area (Å²) in [6.45, 7) is 0. The van der Waals surface area contributed by atoms with E-state index in [1.54, 1.807) is 23.9 Å². The Labute approximate surface area is 156 Å². The summed E-state index contributed by atoms with van der Waals surface area (Å²) in [4.78, 5) is 25.6. The molecule has 1 unspecified atom stereocenters. The Bertz CT molecular complexity index is 902. The number of anilines is 1. The van der Waals surface area contributed by atoms with Crippen molar-refractivity contribution in [1.82, 2.24) is 0 Å². The molecule has 0 spiro atoms. The molecular formula is C21H19NO3S. The van der Waals surface area contributed by atoms with E-state index in [-0.39, 0.29) is 17.0 Å². The molecule has 2 aromatic carbocycles. The number of Topliss-reactive ketones (excluding diaryl/α,β-unsaturated/α-hetero) is 1. The smallest absolute Gasteiger partial charge is 0.337 e. The van der Waals surface area contributed by atoms with E-state index in [4.69, 9.17) is 4.74 Å². The number of hydrogen-bond acceptors (Lipinski definition) is 5. The van der Waals surface area contributed by atoms with Crippen molar-refractivity contribution in [3.8, 4) is 0 Å². The van der Waals surface area contributed by atoms with Gasteiger partial charge in [-0.05, 0) is 42.7 Å². The van der Waals surface area contributed by atoms with E-state index in [0.717, 1.165) is 40.3 Å². The van der Waals surface area contributed by atoms with Gasteiger partial charge in [0.2, 0.25) is 0 Å². The Morgan fingerprint density at radius 1 is 1.12 bits per heavy atom. The van der Waals surface area contributed by atoms with Gasteiger partial charge in [0.15, 0.2) is 5.78 Å². The zero-order chi connectivity index (χ0) is 18.1. The zero-order valence-corrected chi connectivity index (χ0v) is 15.3. The van der Waals surface area contributed by atoms with Crippen molar-refractivity contribution in [2.24, 2.45) is 0 Å². The number of allylic oxidation sites excluding steroid dienone is 1. The molecule has 1 N–H and O–H groups in total. The Morgan fingerprint density at radius 2 is 1.88 bits per heavy atom. The van der Waals surface area contributed by atoms with E-state index in [1.807, 2.05) is 24.3 Å². The SMILES string of the molecule is COC(=O)c1ccc(C2Sc3ccccc3NC3=C2C(=O)CCC3)cc1. The van der Waals surface area contributed by atoms with Crippen LogP contribution in [0, 0.1) is 0 Å². The van der Waals surface area contributed by atoms with Crippen molar-refractivity contribution in [3.05, 3.63) is 70.9 Å². The molecule has 1 aliphatic carbocycles. The minimum atomic E-state index is -0.356. The van der Waals surface area contributed by atoms with Gasteiger partial charge in [0, 0.05) is 22.6 Å². The topological polar surface area (TPSA) is 55.4 Å². The first-order valence-electron chi connectivity index (χ1n) is 8.64. The first-order valence-corrected chi connectivity index (χ1v) is 9.52. The summed E-state index contributed by atoms with van der Waals surface area (Å²) in [7, 11) is 1.37. The first kappa shape index (κ1) is 16.9. The van der Waals surface area contributed by atoms with Crippen LogP contribution >= 0.6 is 11.8 Å². The molecule has 0 saturated carbocycles. The van der Waals surface area contributed by atoms with Gasteiger partial charge >= 0.3 is 5.97 Å². The number of methoxy groups -OCH3 is 1. The van der Waals surface area contributed by atoms with E-state index in [1.165, 1.54) is 7.11 Å². The molecule has 2 aliphatic rings. The lowest BCUT2D eigenvalue weighted by Crippen LogP contribution is -2.19. The summed E-state index contributed by atoms with van der Waals surface area (Å²) < 4.78 is 4.77. The third-order valence-corrected chi connectivity index (χ3v) is 6.12. The molecule has 4 rings (SSSR count). The van der Waals surface area contributed by atoms with Crippen molar-refractivity contribution in [2.45, 2.75) is 29.4 Å². The van der Waals surface area contributed by atoms with Crippen LogP contribution in [0.3, 0.4) is 0 Å². The average molecular weight is 365 g/mol. The molecule has 1 heterocycles. The molecule has 5 heteroatoms. The van der Waals surface area contributed by atoms with Crippen LogP contribution < -0.4 is 5.32 Å². The van der Waals surface area contributed by atoms with Crippen molar-refractivity contribution >= 4 is 29.2 Å². The first-order chi connectivity index (χ1) is 12.7. The molecule has 1 aliphatic heterocycles. The van der Waals surface area contributed by atoms with Crippen molar-refractivity contribution in [3.63, 3.8) is 0 Å². The molecule has 26 heavy (non-hydrogen) atoms. The number of fused-ring (bicyclic) bond motifs is 1. The predicted octanol–water partition coefficient (Wildman–Crippen LogP) is 4.74. The van der Waals surface area contributed by atoms with E-state index >= 15 is 0 Å². The van der Waals surface area contributed by atoms with E-state index in [2.05, 4.69) is 17.4 Å². The van der Waals surface area contributed by atoms with Crippen LogP contribution in [0.15, 0.2) is 64.7 Å². The van der Waals surface area contributed by atoms with Crippen molar-refractivity contribution in [2.75, 3.05) is 12.4 Å². The van der Waals surface area contributed by atoms with E-state index < -0.39 is 0 Å². The van der Waals surface area contributed by atoms with Gasteiger partial charge in [0.05, 0.1) is 23.6 Å². The van der Waals surface area contributed by atoms with E-state index in [9.17, 15) is 9.59 Å². The Hall–Kier alpha value is -2.53. The highest BCUT2D eigenvalue weighted by Crippen LogP contribution is 2.49. The Balaban J connectivity index is 1.79. The lowest BCUT2D eigenvalue weighted by atomic mass is 9.89. The maximum Gasteiger partial charge on any atom is 0.337 e. The van der Waals surface area contributed by atoms with Gasteiger partial charge in [0.1, 0.15) is 0 Å². The van der Waals surface area contributed by atoms with Gasteiger partial charge in [-0.2, -0.15) is 0 Å². The molecule has 132 valence electrons. The Morgan fingerprint density at radius 3 is 2.65 bits per heavy atom. The number of ether oxygens (including phenoxy) is 1. The minimum absolute atomic E-state index is 0.0827. The molecule has 4 nitrogen and oxygen atoms in total. The standard InChI is InChI=1S/C21H19NO3S/c1-25-21(24)14-11-9-13(10-12-14)20-19-16(6-4-7-17(19)23)22-15-5-2-3-8-18(15)26-20/h2-3,5,8-12,20,22H,4,6-7H2,1H3. The number of ketones is 1. The number of hydrogen-bond donors (Lipinski definition) is 1. The third-order valence-electron chi connectivity index (χ3n) is 4.77. The number of nitrogens with one attached hydrogen (secondary N) is 1. The molecule has 0 bridgehead atoms. The second kappa shape index (κ2) is 7.00. The van der Waals surface area contributed by atoms with Crippen LogP contribution in [-0.2, 0) is 9.53 Å². The van der Waals surface area contributed by atoms with Gasteiger partial charge < -0.3 is 10.1 Å². The molecule has 0 fully saturated rings.